The zero-order chi connectivity index (χ0) is 28.0. The van der Waals surface area contributed by atoms with Gasteiger partial charge in [0.05, 0.1) is 0 Å². The molecule has 0 spiro atoms. The Morgan fingerprint density at radius 3 is 2.60 bits per heavy atom. The van der Waals surface area contributed by atoms with E-state index in [2.05, 4.69) is 21.4 Å². The first kappa shape index (κ1) is 29.2. The van der Waals surface area contributed by atoms with Crippen LogP contribution in [-0.4, -0.2) is 33.5 Å². The molecule has 2 N–H and O–H groups in total. The van der Waals surface area contributed by atoms with Gasteiger partial charge in [0.1, 0.15) is 6.26 Å². The van der Waals surface area contributed by atoms with Crippen molar-refractivity contribution in [3.63, 3.8) is 0 Å². The Labute approximate surface area is 237 Å². The van der Waals surface area contributed by atoms with Crippen LogP contribution in [0.2, 0.25) is 0 Å². The van der Waals surface area contributed by atoms with Crippen LogP contribution < -0.4 is 5.32 Å². The minimum Gasteiger partial charge on any atom is -0.480 e. The van der Waals surface area contributed by atoms with Gasteiger partial charge >= 0.3 is 5.97 Å². The standard InChI is InChI=1S/C33H41N3O4/c37-30(35-23-12-10-16-26-14-6-3-7-15-26)29-25-40-31(36-29)33(32(38)39,28-19-8-4-9-20-28)21-11-2-1-5-17-27-18-13-22-34-24-27/h4-5,8-9,13,17-20,22,24-26H,1-3,6-7,10-12,14-16,21,23H2,(H,35,37)(H,38,39). The van der Waals surface area contributed by atoms with Crippen molar-refractivity contribution in [1.82, 2.24) is 15.3 Å². The van der Waals surface area contributed by atoms with Crippen LogP contribution in [0.3, 0.4) is 0 Å². The van der Waals surface area contributed by atoms with Gasteiger partial charge in [-0.15, -0.1) is 0 Å². The van der Waals surface area contributed by atoms with Gasteiger partial charge in [0.2, 0.25) is 5.89 Å². The molecule has 1 aliphatic carbocycles. The van der Waals surface area contributed by atoms with Crippen LogP contribution in [0.5, 0.6) is 0 Å². The van der Waals surface area contributed by atoms with E-state index in [1.165, 1.54) is 44.8 Å². The topological polar surface area (TPSA) is 105 Å². The van der Waals surface area contributed by atoms with Gasteiger partial charge in [0, 0.05) is 18.9 Å². The number of allylic oxidation sites excluding steroid dienone is 1. The van der Waals surface area contributed by atoms with E-state index in [4.69, 9.17) is 4.42 Å². The summed E-state index contributed by atoms with van der Waals surface area (Å²) in [5.74, 6) is -0.497. The lowest BCUT2D eigenvalue weighted by molar-refractivity contribution is -0.143. The van der Waals surface area contributed by atoms with Gasteiger partial charge in [0.25, 0.3) is 5.91 Å². The lowest BCUT2D eigenvalue weighted by Crippen LogP contribution is -2.38. The lowest BCUT2D eigenvalue weighted by Gasteiger charge is -2.26. The third kappa shape index (κ3) is 7.90. The van der Waals surface area contributed by atoms with Crippen molar-refractivity contribution in [1.29, 1.82) is 0 Å². The second kappa shape index (κ2) is 15.2. The molecular weight excluding hydrogens is 502 g/mol. The zero-order valence-corrected chi connectivity index (χ0v) is 23.3. The maximum absolute atomic E-state index is 12.9. The number of nitrogens with zero attached hydrogens (tertiary/aromatic N) is 2. The second-order valence-electron chi connectivity index (χ2n) is 10.8. The maximum Gasteiger partial charge on any atom is 0.323 e. The molecule has 40 heavy (non-hydrogen) atoms. The first-order valence-electron chi connectivity index (χ1n) is 14.7. The Hall–Kier alpha value is -3.74. The SMILES string of the molecule is O=C(NCCCCC1CCCCC1)c1coc(C(CCCCC=Cc2cccnc2)(C(=O)O)c2ccccc2)n1. The molecule has 1 aromatic carbocycles. The van der Waals surface area contributed by atoms with Crippen molar-refractivity contribution in [3.8, 4) is 0 Å². The molecular formula is C33H41N3O4. The quantitative estimate of drug-likeness (QED) is 0.197. The minimum atomic E-state index is -1.48. The molecule has 7 nitrogen and oxygen atoms in total. The molecule has 1 aliphatic rings. The number of rotatable bonds is 15. The van der Waals surface area contributed by atoms with Crippen LogP contribution in [-0.2, 0) is 10.2 Å². The van der Waals surface area contributed by atoms with Crippen LogP contribution in [0.15, 0.2) is 71.6 Å². The number of aromatic nitrogens is 2. The number of carboxylic acids is 1. The summed E-state index contributed by atoms with van der Waals surface area (Å²) in [6, 6.07) is 12.9. The summed E-state index contributed by atoms with van der Waals surface area (Å²) in [5.41, 5.74) is 0.252. The average molecular weight is 544 g/mol. The molecule has 2 heterocycles. The summed E-state index contributed by atoms with van der Waals surface area (Å²) >= 11 is 0. The molecule has 0 radical (unpaired) electrons. The molecule has 4 rings (SSSR count). The van der Waals surface area contributed by atoms with Gasteiger partial charge in [-0.1, -0.05) is 99.9 Å². The normalized spacial score (nSPS) is 15.6. The smallest absolute Gasteiger partial charge is 0.323 e. The molecule has 1 saturated carbocycles. The van der Waals surface area contributed by atoms with E-state index in [0.29, 0.717) is 24.9 Å². The predicted octanol–water partition coefficient (Wildman–Crippen LogP) is 7.19. The number of oxazole rings is 1. The van der Waals surface area contributed by atoms with E-state index in [0.717, 1.165) is 37.2 Å². The number of hydrogen-bond acceptors (Lipinski definition) is 5. The second-order valence-corrected chi connectivity index (χ2v) is 10.8. The third-order valence-electron chi connectivity index (χ3n) is 7.95. The number of nitrogens with one attached hydrogen (secondary N) is 1. The largest absolute Gasteiger partial charge is 0.480 e. The number of carbonyl (C=O) groups excluding carboxylic acids is 1. The van der Waals surface area contributed by atoms with Crippen LogP contribution in [0.25, 0.3) is 6.08 Å². The highest BCUT2D eigenvalue weighted by Gasteiger charge is 2.46. The minimum absolute atomic E-state index is 0.0413. The Kier molecular flexibility index (Phi) is 11.1. The van der Waals surface area contributed by atoms with Gasteiger partial charge < -0.3 is 14.8 Å². The summed E-state index contributed by atoms with van der Waals surface area (Å²) < 4.78 is 5.74. The fourth-order valence-electron chi connectivity index (χ4n) is 5.67. The first-order valence-corrected chi connectivity index (χ1v) is 14.7. The van der Waals surface area contributed by atoms with Gasteiger partial charge in [0.15, 0.2) is 11.1 Å². The molecule has 1 atom stereocenters. The number of pyridine rings is 1. The van der Waals surface area contributed by atoms with Crippen molar-refractivity contribution in [2.45, 2.75) is 82.5 Å². The molecule has 3 aromatic rings. The van der Waals surface area contributed by atoms with Crippen molar-refractivity contribution in [2.75, 3.05) is 6.54 Å². The van der Waals surface area contributed by atoms with Crippen molar-refractivity contribution in [3.05, 3.63) is 89.9 Å². The zero-order valence-electron chi connectivity index (χ0n) is 23.3. The van der Waals surface area contributed by atoms with Crippen molar-refractivity contribution >= 4 is 18.0 Å². The molecule has 1 amide bonds. The average Bonchev–Trinajstić information content (AvgIpc) is 3.49. The molecule has 7 heteroatoms. The van der Waals surface area contributed by atoms with Gasteiger partial charge in [-0.05, 0) is 48.8 Å². The summed E-state index contributed by atoms with van der Waals surface area (Å²) in [6.07, 6.45) is 21.4. The number of hydrogen-bond donors (Lipinski definition) is 2. The molecule has 0 aliphatic heterocycles. The molecule has 1 fully saturated rings. The lowest BCUT2D eigenvalue weighted by atomic mass is 9.76. The maximum atomic E-state index is 12.9. The third-order valence-corrected chi connectivity index (χ3v) is 7.95. The Morgan fingerprint density at radius 1 is 1.02 bits per heavy atom. The fourth-order valence-corrected chi connectivity index (χ4v) is 5.67. The number of benzene rings is 1. The first-order chi connectivity index (χ1) is 19.6. The molecule has 0 bridgehead atoms. The van der Waals surface area contributed by atoms with Gasteiger partial charge in [-0.25, -0.2) is 4.98 Å². The Morgan fingerprint density at radius 2 is 1.85 bits per heavy atom. The number of carboxylic acid groups (broad SMARTS) is 1. The van der Waals surface area contributed by atoms with Crippen LogP contribution in [0, 0.1) is 5.92 Å². The predicted molar refractivity (Wildman–Crippen MR) is 156 cm³/mol. The fraction of sp³-hybridized carbons (Fsp3) is 0.455. The van der Waals surface area contributed by atoms with E-state index < -0.39 is 11.4 Å². The summed E-state index contributed by atoms with van der Waals surface area (Å²) in [4.78, 5) is 34.2. The highest BCUT2D eigenvalue weighted by atomic mass is 16.4. The summed E-state index contributed by atoms with van der Waals surface area (Å²) in [6.45, 7) is 0.572. The highest BCUT2D eigenvalue weighted by molar-refractivity contribution is 5.92. The van der Waals surface area contributed by atoms with Crippen molar-refractivity contribution in [2.24, 2.45) is 5.92 Å². The number of unbranched alkanes of at least 4 members (excludes halogenated alkanes) is 3. The van der Waals surface area contributed by atoms with Gasteiger partial charge in [-0.3, -0.25) is 14.6 Å². The number of aliphatic carboxylic acids is 1. The van der Waals surface area contributed by atoms with E-state index in [-0.39, 0.29) is 17.5 Å². The molecule has 2 aromatic heterocycles. The van der Waals surface area contributed by atoms with Crippen LogP contribution >= 0.6 is 0 Å². The van der Waals surface area contributed by atoms with Crippen LogP contribution in [0.1, 0.15) is 105 Å². The molecule has 212 valence electrons. The molecule has 1 unspecified atom stereocenters. The van der Waals surface area contributed by atoms with Crippen LogP contribution in [0.4, 0.5) is 0 Å². The monoisotopic (exact) mass is 543 g/mol. The van der Waals surface area contributed by atoms with Crippen molar-refractivity contribution < 1.29 is 19.1 Å². The summed E-state index contributed by atoms with van der Waals surface area (Å²) in [5, 5.41) is 13.4. The summed E-state index contributed by atoms with van der Waals surface area (Å²) in [7, 11) is 0. The highest BCUT2D eigenvalue weighted by Crippen LogP contribution is 2.37. The van der Waals surface area contributed by atoms with E-state index in [9.17, 15) is 14.7 Å². The molecule has 0 saturated heterocycles. The number of amides is 1. The van der Waals surface area contributed by atoms with Gasteiger partial charge in [-0.2, -0.15) is 0 Å². The van der Waals surface area contributed by atoms with E-state index in [1.54, 1.807) is 24.5 Å². The van der Waals surface area contributed by atoms with E-state index in [1.807, 2.05) is 36.4 Å². The van der Waals surface area contributed by atoms with E-state index >= 15 is 0 Å². The Balaban J connectivity index is 1.36. The number of carbonyl (C=O) groups is 2. The Bertz CT molecular complexity index is 1220.